The highest BCUT2D eigenvalue weighted by Gasteiger charge is 2.00. The van der Waals surface area contributed by atoms with Gasteiger partial charge >= 0.3 is 0 Å². The predicted molar refractivity (Wildman–Crippen MR) is 40.1 cm³/mol. The number of alkyl halides is 1. The van der Waals surface area contributed by atoms with Gasteiger partial charge in [0.25, 0.3) is 0 Å². The van der Waals surface area contributed by atoms with Crippen LogP contribution in [-0.2, 0) is 9.59 Å². The molecule has 0 radical (unpaired) electrons. The van der Waals surface area contributed by atoms with Gasteiger partial charge in [0, 0.05) is 5.97 Å². The molecule has 0 bridgehead atoms. The van der Waals surface area contributed by atoms with Crippen LogP contribution < -0.4 is 10.2 Å². The lowest BCUT2D eigenvalue weighted by atomic mass is 10.3. The van der Waals surface area contributed by atoms with Gasteiger partial charge in [0.2, 0.25) is 0 Å². The highest BCUT2D eigenvalue weighted by atomic mass is 19.1. The van der Waals surface area contributed by atoms with Crippen LogP contribution in [0.2, 0.25) is 0 Å². The first-order valence-electron chi connectivity index (χ1n) is 4.00. The molecule has 4 nitrogen and oxygen atoms in total. The maximum absolute atomic E-state index is 11.6. The van der Waals surface area contributed by atoms with E-state index in [0.29, 0.717) is 6.42 Å². The summed E-state index contributed by atoms with van der Waals surface area (Å²) in [6.07, 6.45) is -0.954. The Bertz CT molecular complexity index is 158. The Hall–Kier alpha value is -1.13. The third-order valence-electron chi connectivity index (χ3n) is 1.07. The van der Waals surface area contributed by atoms with E-state index in [2.05, 4.69) is 0 Å². The fourth-order valence-corrected chi connectivity index (χ4v) is 0.371. The van der Waals surface area contributed by atoms with E-state index in [9.17, 15) is 24.2 Å². The van der Waals surface area contributed by atoms with Gasteiger partial charge in [-0.3, -0.25) is 0 Å². The third kappa shape index (κ3) is 13.8. The first-order valence-corrected chi connectivity index (χ1v) is 4.00. The van der Waals surface area contributed by atoms with Crippen molar-refractivity contribution in [2.24, 2.45) is 0 Å². The van der Waals surface area contributed by atoms with Crippen molar-refractivity contribution in [2.75, 3.05) is 0 Å². The second-order valence-corrected chi connectivity index (χ2v) is 2.32. The van der Waals surface area contributed by atoms with Crippen molar-refractivity contribution in [2.45, 2.75) is 39.3 Å². The van der Waals surface area contributed by atoms with E-state index >= 15 is 0 Å². The van der Waals surface area contributed by atoms with E-state index in [-0.39, 0.29) is 12.8 Å². The fraction of sp³-hybridized carbons (Fsp3) is 0.750. The van der Waals surface area contributed by atoms with Crippen molar-refractivity contribution in [3.8, 4) is 0 Å². The summed E-state index contributed by atoms with van der Waals surface area (Å²) in [5.41, 5.74) is 0. The fourth-order valence-electron chi connectivity index (χ4n) is 0.371. The van der Waals surface area contributed by atoms with E-state index in [0.717, 1.165) is 0 Å². The molecular formula is C8H13FO4-2. The molecule has 0 fully saturated rings. The maximum Gasteiger partial charge on any atom is 0.139 e. The lowest BCUT2D eigenvalue weighted by Crippen LogP contribution is -2.31. The zero-order valence-corrected chi connectivity index (χ0v) is 7.71. The molecule has 0 aliphatic heterocycles. The number of aliphatic carboxylic acids is 2. The van der Waals surface area contributed by atoms with Gasteiger partial charge in [0.1, 0.15) is 6.17 Å². The van der Waals surface area contributed by atoms with Crippen molar-refractivity contribution >= 4 is 11.9 Å². The maximum atomic E-state index is 11.6. The molecule has 1 atom stereocenters. The molecule has 0 amide bonds. The van der Waals surface area contributed by atoms with E-state index in [4.69, 9.17) is 0 Å². The van der Waals surface area contributed by atoms with Gasteiger partial charge in [0.05, 0.1) is 5.97 Å². The minimum Gasteiger partial charge on any atom is -0.550 e. The molecule has 0 aromatic carbocycles. The molecular weight excluding hydrogens is 179 g/mol. The number of carboxylic acids is 2. The molecule has 0 aromatic heterocycles. The highest BCUT2D eigenvalue weighted by molar-refractivity contribution is 5.69. The van der Waals surface area contributed by atoms with Crippen LogP contribution >= 0.6 is 0 Å². The van der Waals surface area contributed by atoms with Crippen LogP contribution in [0.15, 0.2) is 0 Å². The molecule has 0 N–H and O–H groups in total. The van der Waals surface area contributed by atoms with E-state index in [1.54, 1.807) is 6.92 Å². The summed E-state index contributed by atoms with van der Waals surface area (Å²) in [6.45, 7) is 3.25. The van der Waals surface area contributed by atoms with Crippen LogP contribution in [0, 0.1) is 0 Å². The van der Waals surface area contributed by atoms with Crippen molar-refractivity contribution in [1.82, 2.24) is 0 Å². The SMILES string of the molecule is CCC(F)C(=O)[O-].CCCC(=O)[O-]. The Labute approximate surface area is 76.4 Å². The van der Waals surface area contributed by atoms with Gasteiger partial charge in [-0.05, 0) is 12.8 Å². The number of carboxylic acid groups (broad SMARTS) is 2. The number of hydrogen-bond donors (Lipinski definition) is 0. The molecule has 5 heteroatoms. The Morgan fingerprint density at radius 3 is 1.77 bits per heavy atom. The molecule has 0 aliphatic carbocycles. The average Bonchev–Trinajstić information content (AvgIpc) is 2.03. The molecule has 1 unspecified atom stereocenters. The summed E-state index contributed by atoms with van der Waals surface area (Å²) >= 11 is 0. The Balaban J connectivity index is 0. The molecule has 0 aliphatic rings. The second kappa shape index (κ2) is 8.96. The summed E-state index contributed by atoms with van der Waals surface area (Å²) in [7, 11) is 0. The van der Waals surface area contributed by atoms with Crippen LogP contribution in [0.1, 0.15) is 33.1 Å². The van der Waals surface area contributed by atoms with Gasteiger partial charge in [-0.15, -0.1) is 0 Å². The summed E-state index contributed by atoms with van der Waals surface area (Å²) < 4.78 is 11.6. The van der Waals surface area contributed by atoms with Crippen LogP contribution in [0.4, 0.5) is 4.39 Å². The van der Waals surface area contributed by atoms with Crippen LogP contribution in [0.5, 0.6) is 0 Å². The Kier molecular flexibility index (Phi) is 9.93. The number of rotatable bonds is 4. The molecule has 0 rings (SSSR count). The largest absolute Gasteiger partial charge is 0.550 e. The van der Waals surface area contributed by atoms with E-state index < -0.39 is 18.1 Å². The van der Waals surface area contributed by atoms with Crippen LogP contribution in [0.3, 0.4) is 0 Å². The Morgan fingerprint density at radius 2 is 1.77 bits per heavy atom. The van der Waals surface area contributed by atoms with Crippen molar-refractivity contribution < 1.29 is 24.2 Å². The number of carbonyl (C=O) groups excluding carboxylic acids is 2. The molecule has 13 heavy (non-hydrogen) atoms. The minimum atomic E-state index is -1.79. The van der Waals surface area contributed by atoms with E-state index in [1.165, 1.54) is 6.92 Å². The quantitative estimate of drug-likeness (QED) is 0.573. The zero-order valence-electron chi connectivity index (χ0n) is 7.71. The normalized spacial score (nSPS) is 11.0. The lowest BCUT2D eigenvalue weighted by molar-refractivity contribution is -0.312. The first-order chi connectivity index (χ1) is 5.95. The minimum absolute atomic E-state index is 0.0116. The molecule has 78 valence electrons. The van der Waals surface area contributed by atoms with Crippen molar-refractivity contribution in [1.29, 1.82) is 0 Å². The molecule has 0 aromatic rings. The molecule has 0 saturated heterocycles. The van der Waals surface area contributed by atoms with Crippen molar-refractivity contribution in [3.63, 3.8) is 0 Å². The topological polar surface area (TPSA) is 80.3 Å². The molecule has 0 heterocycles. The van der Waals surface area contributed by atoms with E-state index in [1.807, 2.05) is 0 Å². The number of carbonyl (C=O) groups is 2. The van der Waals surface area contributed by atoms with Gasteiger partial charge in [-0.25, -0.2) is 4.39 Å². The van der Waals surface area contributed by atoms with Gasteiger partial charge in [-0.2, -0.15) is 0 Å². The van der Waals surface area contributed by atoms with Gasteiger partial charge in [0.15, 0.2) is 0 Å². The van der Waals surface area contributed by atoms with Crippen LogP contribution in [-0.4, -0.2) is 18.1 Å². The molecule has 0 spiro atoms. The summed E-state index contributed by atoms with van der Waals surface area (Å²) in [5, 5.41) is 18.9. The van der Waals surface area contributed by atoms with Gasteiger partial charge < -0.3 is 19.8 Å². The summed E-state index contributed by atoms with van der Waals surface area (Å²) in [5.74, 6) is -2.58. The number of halogens is 1. The Morgan fingerprint density at radius 1 is 1.31 bits per heavy atom. The predicted octanol–water partition coefficient (Wildman–Crippen LogP) is -0.979. The zero-order chi connectivity index (χ0) is 10.9. The van der Waals surface area contributed by atoms with Crippen molar-refractivity contribution in [3.05, 3.63) is 0 Å². The summed E-state index contributed by atoms with van der Waals surface area (Å²) in [6, 6.07) is 0. The third-order valence-corrected chi connectivity index (χ3v) is 1.07. The highest BCUT2D eigenvalue weighted by Crippen LogP contribution is 1.91. The smallest absolute Gasteiger partial charge is 0.139 e. The van der Waals surface area contributed by atoms with Crippen LogP contribution in [0.25, 0.3) is 0 Å². The second-order valence-electron chi connectivity index (χ2n) is 2.32. The summed E-state index contributed by atoms with van der Waals surface area (Å²) in [4.78, 5) is 18.9. The molecule has 0 saturated carbocycles. The number of hydrogen-bond acceptors (Lipinski definition) is 4. The first kappa shape index (κ1) is 14.4. The average molecular weight is 192 g/mol. The lowest BCUT2D eigenvalue weighted by Gasteiger charge is -2.02. The van der Waals surface area contributed by atoms with Gasteiger partial charge in [-0.1, -0.05) is 20.3 Å². The standard InChI is InChI=1S/C4H7FO2.C4H8O2/c1-2-3(5)4(6)7;1-2-3-4(5)6/h3H,2H2,1H3,(H,6,7);2-3H2,1H3,(H,5,6)/p-2. The monoisotopic (exact) mass is 192 g/mol.